The van der Waals surface area contributed by atoms with E-state index in [1.165, 1.54) is 0 Å². The van der Waals surface area contributed by atoms with Crippen LogP contribution in [-0.4, -0.2) is 74.6 Å². The van der Waals surface area contributed by atoms with E-state index in [0.29, 0.717) is 0 Å². The summed E-state index contributed by atoms with van der Waals surface area (Å²) in [7, 11) is -9.28. The van der Waals surface area contributed by atoms with Crippen molar-refractivity contribution in [2.45, 2.75) is 12.2 Å². The van der Waals surface area contributed by atoms with Crippen molar-refractivity contribution >= 4 is 21.6 Å². The number of phosphoric acid groups is 2. The maximum absolute atomic E-state index is 10.5. The van der Waals surface area contributed by atoms with Crippen LogP contribution in [0.15, 0.2) is 11.5 Å². The van der Waals surface area contributed by atoms with Crippen LogP contribution >= 0.6 is 15.6 Å². The lowest BCUT2D eigenvalue weighted by molar-refractivity contribution is -0.147. The first-order valence-electron chi connectivity index (χ1n) is 4.76. The molecule has 0 radical (unpaired) electrons. The molecule has 1 heterocycles. The molecule has 0 bridgehead atoms. The van der Waals surface area contributed by atoms with Crippen molar-refractivity contribution < 1.29 is 68.4 Å². The third-order valence-corrected chi connectivity index (χ3v) is 1.48. The van der Waals surface area contributed by atoms with Crippen molar-refractivity contribution in [1.82, 2.24) is 0 Å². The minimum absolute atomic E-state index is 0.671. The Balaban J connectivity index is 0. The van der Waals surface area contributed by atoms with Crippen molar-refractivity contribution in [3.63, 3.8) is 0 Å². The Morgan fingerprint density at radius 3 is 1.50 bits per heavy atom. The maximum Gasteiger partial charge on any atom is 0.466 e. The van der Waals surface area contributed by atoms with E-state index in [0.717, 1.165) is 0 Å². The first kappa shape index (κ1) is 23.2. The van der Waals surface area contributed by atoms with E-state index < -0.39 is 51.9 Å². The summed E-state index contributed by atoms with van der Waals surface area (Å²) < 4.78 is 22.1. The van der Waals surface area contributed by atoms with Gasteiger partial charge in [0.15, 0.2) is 11.9 Å². The summed E-state index contributed by atoms with van der Waals surface area (Å²) >= 11 is 0. The molecule has 22 heavy (non-hydrogen) atoms. The Bertz CT molecular complexity index is 449. The van der Waals surface area contributed by atoms with Gasteiger partial charge in [-0.3, -0.25) is 0 Å². The van der Waals surface area contributed by atoms with Gasteiger partial charge in [-0.25, -0.2) is 13.9 Å². The summed E-state index contributed by atoms with van der Waals surface area (Å²) in [6.45, 7) is -0.671. The van der Waals surface area contributed by atoms with E-state index in [2.05, 4.69) is 4.74 Å². The average Bonchev–Trinajstić information content (AvgIpc) is 2.51. The van der Waals surface area contributed by atoms with Gasteiger partial charge in [0, 0.05) is 0 Å². The summed E-state index contributed by atoms with van der Waals surface area (Å²) in [6.07, 6.45) is -2.78. The number of aliphatic hydroxyl groups excluding tert-OH is 4. The van der Waals surface area contributed by atoms with Crippen LogP contribution in [0.1, 0.15) is 0 Å². The van der Waals surface area contributed by atoms with Crippen LogP contribution in [0.5, 0.6) is 0 Å². The molecule has 1 aliphatic heterocycles. The first-order valence-corrected chi connectivity index (χ1v) is 7.89. The molecule has 2 atom stereocenters. The summed E-state index contributed by atoms with van der Waals surface area (Å²) in [5.74, 6) is -2.78. The van der Waals surface area contributed by atoms with Gasteiger partial charge in [-0.15, -0.1) is 0 Å². The number of ether oxygens (including phenoxy) is 1. The Labute approximate surface area is 121 Å². The zero-order chi connectivity index (χ0) is 18.3. The molecule has 132 valence electrons. The Hall–Kier alpha value is -1.05. The van der Waals surface area contributed by atoms with Gasteiger partial charge in [0.2, 0.25) is 5.76 Å². The van der Waals surface area contributed by atoms with E-state index in [4.69, 9.17) is 58.9 Å². The molecule has 0 amide bonds. The Morgan fingerprint density at radius 2 is 1.32 bits per heavy atom. The molecule has 10 N–H and O–H groups in total. The van der Waals surface area contributed by atoms with Crippen LogP contribution in [0, 0.1) is 0 Å². The number of carbonyl (C=O) groups excluding carboxylic acids is 1. The molecule has 0 spiro atoms. The molecule has 16 heteroatoms. The molecule has 14 nitrogen and oxygen atoms in total. The smallest absolute Gasteiger partial charge is 0.466 e. The molecule has 0 aromatic carbocycles. The van der Waals surface area contributed by atoms with Gasteiger partial charge in [0.05, 0.1) is 6.61 Å². The monoisotopic (exact) mass is 372 g/mol. The summed E-state index contributed by atoms with van der Waals surface area (Å²) in [4.78, 5) is 53.7. The predicted molar refractivity (Wildman–Crippen MR) is 63.8 cm³/mol. The zero-order valence-electron chi connectivity index (χ0n) is 10.4. The molecule has 0 aromatic rings. The first-order chi connectivity index (χ1) is 9.57. The van der Waals surface area contributed by atoms with Crippen LogP contribution in [0.3, 0.4) is 0 Å². The third-order valence-electron chi connectivity index (χ3n) is 1.48. The lowest BCUT2D eigenvalue weighted by Gasteiger charge is -2.13. The van der Waals surface area contributed by atoms with E-state index in [1.807, 2.05) is 0 Å². The Kier molecular flexibility index (Phi) is 9.68. The second-order valence-corrected chi connectivity index (χ2v) is 5.39. The number of carbonyl (C=O) groups is 1. The Morgan fingerprint density at radius 1 is 1.00 bits per heavy atom. The lowest BCUT2D eigenvalue weighted by Crippen LogP contribution is -2.31. The van der Waals surface area contributed by atoms with Crippen LogP contribution in [0.4, 0.5) is 0 Å². The molecular weight excluding hydrogens is 358 g/mol. The fourth-order valence-corrected chi connectivity index (χ4v) is 0.823. The van der Waals surface area contributed by atoms with Gasteiger partial charge in [-0.05, 0) is 0 Å². The summed E-state index contributed by atoms with van der Waals surface area (Å²) in [5.41, 5.74) is 0. The van der Waals surface area contributed by atoms with Gasteiger partial charge < -0.3 is 54.5 Å². The zero-order valence-corrected chi connectivity index (χ0v) is 12.2. The molecule has 0 fully saturated rings. The molecule has 1 rings (SSSR count). The molecule has 0 aliphatic carbocycles. The molecule has 0 aromatic heterocycles. The highest BCUT2D eigenvalue weighted by atomic mass is 31.2. The molecular formula is C6H14O14P2. The summed E-state index contributed by atoms with van der Waals surface area (Å²) in [6, 6.07) is 0. The second-order valence-electron chi connectivity index (χ2n) is 3.34. The number of esters is 1. The number of hydrogen-bond acceptors (Lipinski definition) is 8. The van der Waals surface area contributed by atoms with Crippen LogP contribution in [0.2, 0.25) is 0 Å². The third kappa shape index (κ3) is 13.9. The highest BCUT2D eigenvalue weighted by molar-refractivity contribution is 7.45. The molecule has 1 unspecified atom stereocenters. The van der Waals surface area contributed by atoms with Crippen molar-refractivity contribution in [2.24, 2.45) is 0 Å². The quantitative estimate of drug-likeness (QED) is 0.168. The highest BCUT2D eigenvalue weighted by Gasteiger charge is 2.38. The van der Waals surface area contributed by atoms with Crippen LogP contribution < -0.4 is 0 Å². The molecule has 1 aliphatic rings. The standard InChI is InChI=1S/C6H8O6.2H3O4P/c7-1-2(8)5-3(9)4(10)6(11)12-5;2*1-5(2,3)4/h2,5,7-10H,1H2;2*(H3,1,2,3,4)/t2?,5-;;/m1../s1. The van der Waals surface area contributed by atoms with E-state index in [-0.39, 0.29) is 0 Å². The normalized spacial score (nSPS) is 19.5. The molecule has 0 saturated heterocycles. The van der Waals surface area contributed by atoms with Gasteiger partial charge in [-0.2, -0.15) is 0 Å². The van der Waals surface area contributed by atoms with Crippen molar-refractivity contribution in [3.8, 4) is 0 Å². The fraction of sp³-hybridized carbons (Fsp3) is 0.500. The number of aliphatic hydroxyl groups is 4. The number of rotatable bonds is 2. The minimum Gasteiger partial charge on any atom is -0.505 e. The summed E-state index contributed by atoms with van der Waals surface area (Å²) in [5, 5.41) is 35.0. The SMILES string of the molecule is O=C1O[C@H](C(O)CO)C(O)=C1O.O=P(O)(O)O.O=P(O)(O)O. The van der Waals surface area contributed by atoms with E-state index in [1.54, 1.807) is 0 Å². The topological polar surface area (TPSA) is 263 Å². The van der Waals surface area contributed by atoms with Crippen LogP contribution in [-0.2, 0) is 18.7 Å². The van der Waals surface area contributed by atoms with Gasteiger partial charge in [0.25, 0.3) is 0 Å². The van der Waals surface area contributed by atoms with Crippen molar-refractivity contribution in [1.29, 1.82) is 0 Å². The van der Waals surface area contributed by atoms with E-state index in [9.17, 15) is 4.79 Å². The van der Waals surface area contributed by atoms with E-state index >= 15 is 0 Å². The maximum atomic E-state index is 10.5. The number of cyclic esters (lactones) is 1. The van der Waals surface area contributed by atoms with Gasteiger partial charge in [0.1, 0.15) is 6.10 Å². The highest BCUT2D eigenvalue weighted by Crippen LogP contribution is 2.26. The van der Waals surface area contributed by atoms with Gasteiger partial charge >= 0.3 is 21.6 Å². The van der Waals surface area contributed by atoms with Crippen molar-refractivity contribution in [2.75, 3.05) is 6.61 Å². The van der Waals surface area contributed by atoms with Crippen LogP contribution in [0.25, 0.3) is 0 Å². The molecule has 0 saturated carbocycles. The largest absolute Gasteiger partial charge is 0.505 e. The lowest BCUT2D eigenvalue weighted by atomic mass is 10.2. The minimum atomic E-state index is -4.64. The van der Waals surface area contributed by atoms with Gasteiger partial charge in [-0.1, -0.05) is 0 Å². The predicted octanol–water partition coefficient (Wildman–Crippen LogP) is -3.26. The fourth-order valence-electron chi connectivity index (χ4n) is 0.823. The van der Waals surface area contributed by atoms with Crippen molar-refractivity contribution in [3.05, 3.63) is 11.5 Å². The average molecular weight is 372 g/mol. The second kappa shape index (κ2) is 9.17. The number of hydrogen-bond donors (Lipinski definition) is 10.